The molecular formula is C28H28F4N6O4. The number of alkyl halides is 3. The molecule has 0 spiro atoms. The number of unbranched alkanes of at least 4 members (excludes halogenated alkanes) is 1. The second-order valence-corrected chi connectivity index (χ2v) is 10.0. The van der Waals surface area contributed by atoms with Gasteiger partial charge in [-0.1, -0.05) is 6.92 Å². The lowest BCUT2D eigenvalue weighted by molar-refractivity contribution is -0.141. The highest BCUT2D eigenvalue weighted by atomic mass is 19.4. The molecule has 3 aromatic rings. The Morgan fingerprint density at radius 3 is 2.60 bits per heavy atom. The number of ether oxygens (including phenoxy) is 2. The smallest absolute Gasteiger partial charge is 0.435 e. The number of fused-ring (bicyclic) bond motifs is 1. The first-order valence-corrected chi connectivity index (χ1v) is 13.4. The van der Waals surface area contributed by atoms with Gasteiger partial charge in [0.1, 0.15) is 0 Å². The van der Waals surface area contributed by atoms with Crippen LogP contribution in [0.3, 0.4) is 0 Å². The van der Waals surface area contributed by atoms with Gasteiger partial charge in [-0.2, -0.15) is 33.0 Å². The van der Waals surface area contributed by atoms with Crippen LogP contribution in [0.1, 0.15) is 55.8 Å². The number of carbonyl (C=O) groups is 2. The first kappa shape index (κ1) is 29.0. The zero-order valence-electron chi connectivity index (χ0n) is 22.9. The minimum atomic E-state index is -4.65. The van der Waals surface area contributed by atoms with Crippen molar-refractivity contribution in [1.82, 2.24) is 20.0 Å². The van der Waals surface area contributed by atoms with E-state index in [1.165, 1.54) is 30.3 Å². The van der Waals surface area contributed by atoms with E-state index in [1.807, 2.05) is 0 Å². The van der Waals surface area contributed by atoms with Crippen molar-refractivity contribution in [2.75, 3.05) is 20.3 Å². The number of halogens is 4. The number of pyridine rings is 1. The van der Waals surface area contributed by atoms with E-state index in [9.17, 15) is 27.2 Å². The average molecular weight is 589 g/mol. The van der Waals surface area contributed by atoms with Crippen LogP contribution in [0.25, 0.3) is 5.52 Å². The third-order valence-corrected chi connectivity index (χ3v) is 7.02. The highest BCUT2D eigenvalue weighted by Gasteiger charge is 2.36. The van der Waals surface area contributed by atoms with Crippen LogP contribution in [-0.2, 0) is 15.8 Å². The topological polar surface area (TPSA) is 110 Å². The number of rotatable bonds is 9. The number of aromatic nitrogens is 2. The van der Waals surface area contributed by atoms with Gasteiger partial charge in [-0.3, -0.25) is 9.59 Å². The zero-order valence-corrected chi connectivity index (χ0v) is 22.9. The normalized spacial score (nSPS) is 17.7. The molecule has 0 saturated heterocycles. The van der Waals surface area contributed by atoms with Crippen LogP contribution < -0.4 is 14.9 Å². The Kier molecular flexibility index (Phi) is 8.14. The predicted octanol–water partition coefficient (Wildman–Crippen LogP) is 4.55. The molecule has 14 heteroatoms. The van der Waals surface area contributed by atoms with Gasteiger partial charge >= 0.3 is 6.18 Å². The summed E-state index contributed by atoms with van der Waals surface area (Å²) in [6.07, 6.45) is -2.81. The largest absolute Gasteiger partial charge is 0.491 e. The number of carbonyl (C=O) groups excluding carboxylic acids is 2. The van der Waals surface area contributed by atoms with E-state index in [0.717, 1.165) is 10.6 Å². The molecule has 0 bridgehead atoms. The van der Waals surface area contributed by atoms with E-state index >= 15 is 0 Å². The van der Waals surface area contributed by atoms with Crippen LogP contribution in [0.5, 0.6) is 11.6 Å². The second-order valence-electron chi connectivity index (χ2n) is 10.0. The van der Waals surface area contributed by atoms with Crippen LogP contribution >= 0.6 is 0 Å². The van der Waals surface area contributed by atoms with Crippen molar-refractivity contribution in [3.8, 4) is 11.6 Å². The van der Waals surface area contributed by atoms with Gasteiger partial charge in [0, 0.05) is 48.9 Å². The van der Waals surface area contributed by atoms with E-state index in [2.05, 4.69) is 20.7 Å². The van der Waals surface area contributed by atoms with Gasteiger partial charge in [0.05, 0.1) is 30.7 Å². The third kappa shape index (κ3) is 6.06. The van der Waals surface area contributed by atoms with Crippen molar-refractivity contribution in [2.45, 2.75) is 45.2 Å². The van der Waals surface area contributed by atoms with Crippen molar-refractivity contribution < 1.29 is 36.6 Å². The summed E-state index contributed by atoms with van der Waals surface area (Å²) in [6.45, 7) is 2.24. The third-order valence-electron chi connectivity index (χ3n) is 7.02. The predicted molar refractivity (Wildman–Crippen MR) is 144 cm³/mol. The Morgan fingerprint density at radius 1 is 1.10 bits per heavy atom. The van der Waals surface area contributed by atoms with Crippen molar-refractivity contribution in [3.05, 3.63) is 59.0 Å². The van der Waals surface area contributed by atoms with E-state index in [0.29, 0.717) is 41.8 Å². The van der Waals surface area contributed by atoms with Gasteiger partial charge in [0.15, 0.2) is 17.3 Å². The highest BCUT2D eigenvalue weighted by Crippen LogP contribution is 2.33. The van der Waals surface area contributed by atoms with Crippen LogP contribution in [-0.4, -0.2) is 58.1 Å². The Hall–Kier alpha value is -4.49. The maximum Gasteiger partial charge on any atom is 0.435 e. The Labute approximate surface area is 238 Å². The zero-order chi connectivity index (χ0) is 30.0. The molecule has 2 amide bonds. The van der Waals surface area contributed by atoms with Crippen molar-refractivity contribution >= 4 is 28.8 Å². The molecule has 5 rings (SSSR count). The van der Waals surface area contributed by atoms with Crippen molar-refractivity contribution in [3.63, 3.8) is 0 Å². The summed E-state index contributed by atoms with van der Waals surface area (Å²) in [4.78, 5) is 24.0. The molecule has 1 N–H and O–H groups in total. The molecule has 0 aliphatic carbocycles. The van der Waals surface area contributed by atoms with Crippen molar-refractivity contribution in [2.24, 2.45) is 16.1 Å². The molecule has 2 aliphatic rings. The molecule has 2 aromatic heterocycles. The lowest BCUT2D eigenvalue weighted by atomic mass is 9.93. The number of hydrogen-bond acceptors (Lipinski definition) is 7. The summed E-state index contributed by atoms with van der Waals surface area (Å²) in [5.74, 6) is -1.07. The van der Waals surface area contributed by atoms with Gasteiger partial charge in [0.25, 0.3) is 0 Å². The molecule has 10 nitrogen and oxygen atoms in total. The van der Waals surface area contributed by atoms with E-state index in [1.54, 1.807) is 19.1 Å². The lowest BCUT2D eigenvalue weighted by Crippen LogP contribution is -2.37. The number of nitrogens with zero attached hydrogens (tertiary/aromatic N) is 5. The Morgan fingerprint density at radius 2 is 1.90 bits per heavy atom. The number of hydrazone groups is 2. The summed E-state index contributed by atoms with van der Waals surface area (Å²) in [5.41, 5.74) is 3.53. The highest BCUT2D eigenvalue weighted by molar-refractivity contribution is 6.10. The Balaban J connectivity index is 1.23. The first-order valence-electron chi connectivity index (χ1n) is 13.4. The molecule has 2 aliphatic heterocycles. The Bertz CT molecular complexity index is 1580. The number of nitrogens with one attached hydrogen (secondary N) is 1. The molecule has 0 fully saturated rings. The fourth-order valence-corrected chi connectivity index (χ4v) is 4.83. The van der Waals surface area contributed by atoms with Crippen molar-refractivity contribution in [1.29, 1.82) is 0 Å². The van der Waals surface area contributed by atoms with Gasteiger partial charge in [-0.05, 0) is 43.2 Å². The van der Waals surface area contributed by atoms with Gasteiger partial charge in [-0.15, -0.1) is 0 Å². The van der Waals surface area contributed by atoms with Crippen LogP contribution in [0.15, 0.2) is 46.6 Å². The number of amides is 2. The summed E-state index contributed by atoms with van der Waals surface area (Å²) in [5, 5.41) is 13.5. The molecule has 4 heterocycles. The number of benzene rings is 1. The van der Waals surface area contributed by atoms with Crippen LogP contribution in [0.4, 0.5) is 17.6 Å². The maximum absolute atomic E-state index is 14.6. The van der Waals surface area contributed by atoms with Gasteiger partial charge < -0.3 is 9.47 Å². The van der Waals surface area contributed by atoms with E-state index < -0.39 is 17.7 Å². The summed E-state index contributed by atoms with van der Waals surface area (Å²) in [6, 6.07) is 8.55. The summed E-state index contributed by atoms with van der Waals surface area (Å²) in [7, 11) is 1.34. The van der Waals surface area contributed by atoms with Crippen LogP contribution in [0.2, 0.25) is 0 Å². The minimum Gasteiger partial charge on any atom is -0.491 e. The molecule has 222 valence electrons. The fourth-order valence-electron chi connectivity index (χ4n) is 4.83. The molecule has 1 aromatic carbocycles. The minimum absolute atomic E-state index is 0.0740. The second kappa shape index (κ2) is 11.8. The molecule has 0 saturated carbocycles. The molecular weight excluding hydrogens is 560 g/mol. The first-order chi connectivity index (χ1) is 20.0. The SMILES string of the molecule is COc1ccc(C2=NN(CCCCOc3ccc(C4=NNC(=O)CC4)cc3F)C(=O)CC2C)c2cc(C(F)(F)F)nn12. The molecule has 0 radical (unpaired) electrons. The van der Waals surface area contributed by atoms with Crippen LogP contribution in [0, 0.1) is 11.7 Å². The van der Waals surface area contributed by atoms with Gasteiger partial charge in [-0.25, -0.2) is 14.8 Å². The van der Waals surface area contributed by atoms with Gasteiger partial charge in [0.2, 0.25) is 17.7 Å². The fraction of sp³-hybridized carbons (Fsp3) is 0.393. The molecule has 1 unspecified atom stereocenters. The quantitative estimate of drug-likeness (QED) is 0.292. The monoisotopic (exact) mass is 588 g/mol. The maximum atomic E-state index is 14.6. The van der Waals surface area contributed by atoms with E-state index in [4.69, 9.17) is 9.47 Å². The molecule has 42 heavy (non-hydrogen) atoms. The standard InChI is InChI=1S/C28H28F4N6O4/c1-16-13-25(40)37(36-27(16)18-6-10-26(41-2)38-21(18)15-23(35-38)28(30,31)32)11-3-4-12-42-22-8-5-17(14-19(22)29)20-7-9-24(39)34-33-20/h5-6,8,10,14-16H,3-4,7,9,11-13H2,1-2H3,(H,34,39). The molecule has 1 atom stereocenters. The summed E-state index contributed by atoms with van der Waals surface area (Å²) >= 11 is 0. The lowest BCUT2D eigenvalue weighted by Gasteiger charge is -2.28. The average Bonchev–Trinajstić information content (AvgIpc) is 3.41. The summed E-state index contributed by atoms with van der Waals surface area (Å²) < 4.78 is 66.7. The number of methoxy groups -OCH3 is 1. The number of hydrogen-bond donors (Lipinski definition) is 1. The van der Waals surface area contributed by atoms with E-state index in [-0.39, 0.29) is 60.9 Å².